The molecule has 2 N–H and O–H groups in total. The number of ether oxygens (including phenoxy) is 2. The maximum absolute atomic E-state index is 5.29. The van der Waals surface area contributed by atoms with Gasteiger partial charge in [0.15, 0.2) is 11.5 Å². The summed E-state index contributed by atoms with van der Waals surface area (Å²) in [6, 6.07) is 7.49. The van der Waals surface area contributed by atoms with Gasteiger partial charge < -0.3 is 20.1 Å². The lowest BCUT2D eigenvalue weighted by molar-refractivity contribution is 0.355. The maximum Gasteiger partial charge on any atom is 0.162 e. The topological polar surface area (TPSA) is 68.3 Å². The third-order valence-corrected chi connectivity index (χ3v) is 3.01. The van der Waals surface area contributed by atoms with Crippen molar-refractivity contribution in [3.63, 3.8) is 0 Å². The van der Waals surface area contributed by atoms with E-state index < -0.39 is 0 Å². The lowest BCUT2D eigenvalue weighted by Gasteiger charge is -2.12. The van der Waals surface area contributed by atoms with Crippen molar-refractivity contribution in [2.24, 2.45) is 5.92 Å². The second kappa shape index (κ2) is 7.49. The number of hydrogen-bond donors (Lipinski definition) is 2. The van der Waals surface area contributed by atoms with Crippen molar-refractivity contribution in [3.05, 3.63) is 30.6 Å². The first-order valence-electron chi connectivity index (χ1n) is 7.17. The van der Waals surface area contributed by atoms with E-state index in [4.69, 9.17) is 9.47 Å². The van der Waals surface area contributed by atoms with Crippen LogP contribution in [-0.2, 0) is 0 Å². The number of nitrogens with one attached hydrogen (secondary N) is 2. The van der Waals surface area contributed by atoms with E-state index in [0.29, 0.717) is 23.2 Å². The zero-order valence-corrected chi connectivity index (χ0v) is 13.4. The molecule has 2 rings (SSSR count). The SMILES string of the molecule is COc1ccc(Nc2cc(NCC(C)C)ncn2)cc1OC. The Morgan fingerprint density at radius 2 is 1.73 bits per heavy atom. The third kappa shape index (κ3) is 4.25. The van der Waals surface area contributed by atoms with Gasteiger partial charge in [0.25, 0.3) is 0 Å². The fourth-order valence-corrected chi connectivity index (χ4v) is 1.89. The molecule has 0 aliphatic carbocycles. The number of benzene rings is 1. The van der Waals surface area contributed by atoms with Gasteiger partial charge in [-0.15, -0.1) is 0 Å². The minimum Gasteiger partial charge on any atom is -0.493 e. The summed E-state index contributed by atoms with van der Waals surface area (Å²) in [4.78, 5) is 8.43. The maximum atomic E-state index is 5.29. The van der Waals surface area contributed by atoms with Crippen LogP contribution in [-0.4, -0.2) is 30.7 Å². The predicted octanol–water partition coefficient (Wildman–Crippen LogP) is 3.31. The van der Waals surface area contributed by atoms with Crippen LogP contribution in [0.1, 0.15) is 13.8 Å². The molecule has 0 unspecified atom stereocenters. The minimum atomic E-state index is 0.553. The van der Waals surface area contributed by atoms with Crippen LogP contribution in [0.3, 0.4) is 0 Å². The molecule has 6 nitrogen and oxygen atoms in total. The van der Waals surface area contributed by atoms with Gasteiger partial charge in [-0.3, -0.25) is 0 Å². The predicted molar refractivity (Wildman–Crippen MR) is 88.2 cm³/mol. The van der Waals surface area contributed by atoms with E-state index in [0.717, 1.165) is 18.1 Å². The Morgan fingerprint density at radius 1 is 1.00 bits per heavy atom. The van der Waals surface area contributed by atoms with E-state index in [1.807, 2.05) is 24.3 Å². The number of nitrogens with zero attached hydrogens (tertiary/aromatic N) is 2. The van der Waals surface area contributed by atoms with E-state index in [1.165, 1.54) is 6.33 Å². The van der Waals surface area contributed by atoms with Gasteiger partial charge in [-0.2, -0.15) is 0 Å². The first-order valence-corrected chi connectivity index (χ1v) is 7.17. The Labute approximate surface area is 130 Å². The number of aromatic nitrogens is 2. The highest BCUT2D eigenvalue weighted by Crippen LogP contribution is 2.30. The van der Waals surface area contributed by atoms with Crippen LogP contribution < -0.4 is 20.1 Å². The van der Waals surface area contributed by atoms with Gasteiger partial charge in [-0.1, -0.05) is 13.8 Å². The Bertz CT molecular complexity index is 617. The molecule has 1 aromatic carbocycles. The molecule has 0 radical (unpaired) electrons. The lowest BCUT2D eigenvalue weighted by atomic mass is 10.2. The fourth-order valence-electron chi connectivity index (χ4n) is 1.89. The highest BCUT2D eigenvalue weighted by molar-refractivity contribution is 5.62. The Hall–Kier alpha value is -2.50. The summed E-state index contributed by atoms with van der Waals surface area (Å²) < 4.78 is 10.5. The van der Waals surface area contributed by atoms with Gasteiger partial charge in [0.2, 0.25) is 0 Å². The van der Waals surface area contributed by atoms with Crippen molar-refractivity contribution >= 4 is 17.3 Å². The number of anilines is 3. The van der Waals surface area contributed by atoms with Crippen LogP contribution >= 0.6 is 0 Å². The highest BCUT2D eigenvalue weighted by Gasteiger charge is 2.06. The Morgan fingerprint density at radius 3 is 2.41 bits per heavy atom. The molecule has 118 valence electrons. The average Bonchev–Trinajstić information content (AvgIpc) is 2.53. The van der Waals surface area contributed by atoms with Gasteiger partial charge in [-0.05, 0) is 18.1 Å². The summed E-state index contributed by atoms with van der Waals surface area (Å²) in [5.41, 5.74) is 0.867. The molecular formula is C16H22N4O2. The van der Waals surface area contributed by atoms with Crippen LogP contribution in [0, 0.1) is 5.92 Å². The van der Waals surface area contributed by atoms with E-state index in [-0.39, 0.29) is 0 Å². The first-order chi connectivity index (χ1) is 10.6. The number of hydrogen-bond acceptors (Lipinski definition) is 6. The van der Waals surface area contributed by atoms with Crippen LogP contribution in [0.15, 0.2) is 30.6 Å². The molecule has 0 saturated heterocycles. The van der Waals surface area contributed by atoms with Crippen molar-refractivity contribution in [1.29, 1.82) is 0 Å². The normalized spacial score (nSPS) is 10.4. The number of rotatable bonds is 7. The molecule has 0 fully saturated rings. The summed E-state index contributed by atoms with van der Waals surface area (Å²) in [5.74, 6) is 3.42. The molecule has 0 atom stereocenters. The van der Waals surface area contributed by atoms with Gasteiger partial charge in [0.05, 0.1) is 14.2 Å². The highest BCUT2D eigenvalue weighted by atomic mass is 16.5. The molecular weight excluding hydrogens is 280 g/mol. The summed E-state index contributed by atoms with van der Waals surface area (Å²) in [7, 11) is 3.22. The number of methoxy groups -OCH3 is 2. The third-order valence-electron chi connectivity index (χ3n) is 3.01. The minimum absolute atomic E-state index is 0.553. The Balaban J connectivity index is 2.11. The molecule has 22 heavy (non-hydrogen) atoms. The van der Waals surface area contributed by atoms with Gasteiger partial charge in [0, 0.05) is 24.4 Å². The molecule has 0 amide bonds. The van der Waals surface area contributed by atoms with Gasteiger partial charge in [0.1, 0.15) is 18.0 Å². The van der Waals surface area contributed by atoms with E-state index in [9.17, 15) is 0 Å². The molecule has 1 heterocycles. The van der Waals surface area contributed by atoms with Crippen molar-refractivity contribution in [2.45, 2.75) is 13.8 Å². The summed E-state index contributed by atoms with van der Waals surface area (Å²) in [6.07, 6.45) is 1.53. The molecule has 1 aromatic heterocycles. The molecule has 0 spiro atoms. The van der Waals surface area contributed by atoms with Crippen molar-refractivity contribution in [2.75, 3.05) is 31.4 Å². The summed E-state index contributed by atoms with van der Waals surface area (Å²) in [6.45, 7) is 5.17. The zero-order chi connectivity index (χ0) is 15.9. The summed E-state index contributed by atoms with van der Waals surface area (Å²) >= 11 is 0. The smallest absolute Gasteiger partial charge is 0.162 e. The van der Waals surface area contributed by atoms with Gasteiger partial charge >= 0.3 is 0 Å². The molecule has 2 aromatic rings. The molecule has 0 saturated carbocycles. The molecule has 0 aliphatic rings. The largest absolute Gasteiger partial charge is 0.493 e. The van der Waals surface area contributed by atoms with Crippen molar-refractivity contribution in [3.8, 4) is 11.5 Å². The van der Waals surface area contributed by atoms with Crippen LogP contribution in [0.2, 0.25) is 0 Å². The second-order valence-electron chi connectivity index (χ2n) is 5.26. The monoisotopic (exact) mass is 302 g/mol. The quantitative estimate of drug-likeness (QED) is 0.818. The van der Waals surface area contributed by atoms with Crippen molar-refractivity contribution < 1.29 is 9.47 Å². The van der Waals surface area contributed by atoms with Gasteiger partial charge in [-0.25, -0.2) is 9.97 Å². The molecule has 0 aliphatic heterocycles. The zero-order valence-electron chi connectivity index (χ0n) is 13.4. The molecule has 6 heteroatoms. The fraction of sp³-hybridized carbons (Fsp3) is 0.375. The van der Waals surface area contributed by atoms with Crippen LogP contribution in [0.4, 0.5) is 17.3 Å². The van der Waals surface area contributed by atoms with E-state index in [2.05, 4.69) is 34.4 Å². The van der Waals surface area contributed by atoms with E-state index in [1.54, 1.807) is 14.2 Å². The first kappa shape index (κ1) is 15.9. The molecule has 0 bridgehead atoms. The Kier molecular flexibility index (Phi) is 5.41. The van der Waals surface area contributed by atoms with Crippen LogP contribution in [0.25, 0.3) is 0 Å². The van der Waals surface area contributed by atoms with Crippen molar-refractivity contribution in [1.82, 2.24) is 9.97 Å². The summed E-state index contributed by atoms with van der Waals surface area (Å²) in [5, 5.41) is 6.51. The van der Waals surface area contributed by atoms with Crippen LogP contribution in [0.5, 0.6) is 11.5 Å². The second-order valence-corrected chi connectivity index (χ2v) is 5.26. The average molecular weight is 302 g/mol. The standard InChI is InChI=1S/C16H22N4O2/c1-11(2)9-17-15-8-16(19-10-18-15)20-12-5-6-13(21-3)14(7-12)22-4/h5-8,10-11H,9H2,1-4H3,(H2,17,18,19,20). The van der Waals surface area contributed by atoms with E-state index >= 15 is 0 Å². The lowest BCUT2D eigenvalue weighted by Crippen LogP contribution is -2.09.